The molecule has 4 aliphatic rings. The van der Waals surface area contributed by atoms with Gasteiger partial charge < -0.3 is 14.5 Å². The molecule has 2 aromatic rings. The number of nitrogens with zero attached hydrogens (tertiary/aromatic N) is 2. The number of para-hydroxylation sites is 1. The molecule has 4 aliphatic heterocycles. The Kier molecular flexibility index (Phi) is 3.69. The fraction of sp³-hybridized carbons (Fsp3) is 0.458. The number of carbonyl (C=O) groups is 1. The third-order valence-electron chi connectivity index (χ3n) is 7.31. The van der Waals surface area contributed by atoms with E-state index in [1.54, 1.807) is 0 Å². The molecule has 6 rings (SSSR count). The molecule has 0 radical (unpaired) electrons. The minimum absolute atomic E-state index is 0.0895. The molecule has 0 aromatic heterocycles. The van der Waals surface area contributed by atoms with Crippen molar-refractivity contribution >= 4 is 11.6 Å². The Balaban J connectivity index is 1.17. The highest BCUT2D eigenvalue weighted by Gasteiger charge is 2.44. The maximum atomic E-state index is 13.1. The minimum atomic E-state index is -0.0971. The van der Waals surface area contributed by atoms with Gasteiger partial charge >= 0.3 is 0 Å². The highest BCUT2D eigenvalue weighted by atomic mass is 16.5. The Morgan fingerprint density at radius 3 is 2.64 bits per heavy atom. The van der Waals surface area contributed by atoms with E-state index in [2.05, 4.69) is 52.3 Å². The van der Waals surface area contributed by atoms with Crippen molar-refractivity contribution in [3.8, 4) is 0 Å². The van der Waals surface area contributed by atoms with Crippen molar-refractivity contribution in [2.45, 2.75) is 37.9 Å². The summed E-state index contributed by atoms with van der Waals surface area (Å²) in [4.78, 5) is 17.7. The van der Waals surface area contributed by atoms with Gasteiger partial charge in [-0.05, 0) is 47.9 Å². The lowest BCUT2D eigenvalue weighted by atomic mass is 9.83. The first-order valence-corrected chi connectivity index (χ1v) is 10.6. The molecule has 4 heterocycles. The first kappa shape index (κ1) is 16.8. The van der Waals surface area contributed by atoms with E-state index in [0.29, 0.717) is 5.91 Å². The fourth-order valence-corrected chi connectivity index (χ4v) is 5.84. The lowest BCUT2D eigenvalue weighted by Gasteiger charge is -2.41. The van der Waals surface area contributed by atoms with Gasteiger partial charge in [-0.2, -0.15) is 0 Å². The first-order chi connectivity index (χ1) is 13.7. The number of ether oxygens (including phenoxy) is 1. The summed E-state index contributed by atoms with van der Waals surface area (Å²) < 4.78 is 6.30. The van der Waals surface area contributed by atoms with E-state index < -0.39 is 0 Å². The van der Waals surface area contributed by atoms with Gasteiger partial charge in [0, 0.05) is 26.2 Å². The van der Waals surface area contributed by atoms with Crippen molar-refractivity contribution in [3.63, 3.8) is 0 Å². The maximum Gasteiger partial charge on any atom is 0.231 e. The van der Waals surface area contributed by atoms with Gasteiger partial charge in [0.05, 0.1) is 23.8 Å². The van der Waals surface area contributed by atoms with Gasteiger partial charge in [-0.25, -0.2) is 0 Å². The van der Waals surface area contributed by atoms with E-state index >= 15 is 0 Å². The summed E-state index contributed by atoms with van der Waals surface area (Å²) in [5.74, 6) is 0.423. The maximum absolute atomic E-state index is 13.1. The number of likely N-dealkylation sites (tertiary alicyclic amines) is 1. The number of rotatable bonds is 2. The van der Waals surface area contributed by atoms with E-state index in [4.69, 9.17) is 4.74 Å². The van der Waals surface area contributed by atoms with Crippen molar-refractivity contribution in [1.29, 1.82) is 0 Å². The van der Waals surface area contributed by atoms with E-state index in [1.807, 2.05) is 0 Å². The topological polar surface area (TPSA) is 32.8 Å². The highest BCUT2D eigenvalue weighted by Crippen LogP contribution is 2.44. The Morgan fingerprint density at radius 2 is 1.75 bits per heavy atom. The number of hydrogen-bond acceptors (Lipinski definition) is 3. The van der Waals surface area contributed by atoms with Crippen LogP contribution in [-0.4, -0.2) is 37.0 Å². The number of piperidine rings is 1. The van der Waals surface area contributed by atoms with Gasteiger partial charge in [0.25, 0.3) is 0 Å². The van der Waals surface area contributed by atoms with Gasteiger partial charge in [-0.3, -0.25) is 4.79 Å². The van der Waals surface area contributed by atoms with E-state index in [9.17, 15) is 4.79 Å². The highest BCUT2D eigenvalue weighted by molar-refractivity contribution is 6.00. The zero-order valence-electron chi connectivity index (χ0n) is 16.2. The quantitative estimate of drug-likeness (QED) is 0.809. The van der Waals surface area contributed by atoms with Crippen LogP contribution in [0.25, 0.3) is 0 Å². The van der Waals surface area contributed by atoms with Gasteiger partial charge in [-0.1, -0.05) is 42.5 Å². The molecule has 1 unspecified atom stereocenters. The fourth-order valence-electron chi connectivity index (χ4n) is 5.84. The van der Waals surface area contributed by atoms with Crippen molar-refractivity contribution < 1.29 is 9.53 Å². The molecule has 144 valence electrons. The van der Waals surface area contributed by atoms with Crippen molar-refractivity contribution in [2.75, 3.05) is 31.1 Å². The summed E-state index contributed by atoms with van der Waals surface area (Å²) in [6.45, 7) is 4.48. The van der Waals surface area contributed by atoms with Crippen LogP contribution in [0.1, 0.15) is 35.1 Å². The number of anilines is 1. The van der Waals surface area contributed by atoms with Crippen molar-refractivity contribution in [1.82, 2.24) is 4.90 Å². The van der Waals surface area contributed by atoms with E-state index in [1.165, 1.54) is 27.9 Å². The van der Waals surface area contributed by atoms with Crippen LogP contribution in [0, 0.1) is 5.92 Å². The molecule has 1 saturated heterocycles. The lowest BCUT2D eigenvalue weighted by Crippen LogP contribution is -2.49. The number of benzene rings is 2. The molecule has 2 aromatic carbocycles. The summed E-state index contributed by atoms with van der Waals surface area (Å²) >= 11 is 0. The molecule has 0 bridgehead atoms. The molecule has 4 nitrogen and oxygen atoms in total. The van der Waals surface area contributed by atoms with E-state index in [-0.39, 0.29) is 11.5 Å². The summed E-state index contributed by atoms with van der Waals surface area (Å²) in [6, 6.07) is 15.2. The predicted octanol–water partition coefficient (Wildman–Crippen LogP) is 3.27. The van der Waals surface area contributed by atoms with Gasteiger partial charge in [-0.15, -0.1) is 0 Å². The molecule has 28 heavy (non-hydrogen) atoms. The minimum Gasteiger partial charge on any atom is -0.365 e. The number of hydrogen-bond donors (Lipinski definition) is 0. The van der Waals surface area contributed by atoms with Crippen molar-refractivity contribution in [3.05, 3.63) is 64.7 Å². The number of fused-ring (bicyclic) bond motifs is 2. The standard InChI is InChI=1S/C24H26N2O2/c27-23-20(14-18-6-3-5-17-8-11-26(23)22(17)18)15-25-12-9-24(10-13-25)21-7-2-1-4-19(21)16-28-24/h1-7,20H,8-16H2. The van der Waals surface area contributed by atoms with E-state index in [0.717, 1.165) is 58.5 Å². The summed E-state index contributed by atoms with van der Waals surface area (Å²) in [5, 5.41) is 0. The summed E-state index contributed by atoms with van der Waals surface area (Å²) in [6.07, 6.45) is 3.94. The van der Waals surface area contributed by atoms with Crippen LogP contribution < -0.4 is 4.90 Å². The molecular weight excluding hydrogens is 348 g/mol. The second-order valence-electron chi connectivity index (χ2n) is 8.81. The molecule has 1 amide bonds. The zero-order valence-corrected chi connectivity index (χ0v) is 16.2. The average Bonchev–Trinajstić information content (AvgIpc) is 3.32. The zero-order chi connectivity index (χ0) is 18.7. The Labute approximate surface area is 166 Å². The van der Waals surface area contributed by atoms with Crippen LogP contribution in [0.3, 0.4) is 0 Å². The second-order valence-corrected chi connectivity index (χ2v) is 8.81. The molecule has 0 aliphatic carbocycles. The van der Waals surface area contributed by atoms with Crippen LogP contribution in [0.4, 0.5) is 5.69 Å². The summed E-state index contributed by atoms with van der Waals surface area (Å²) in [5.41, 5.74) is 6.57. The second kappa shape index (κ2) is 6.16. The molecule has 4 heteroatoms. The van der Waals surface area contributed by atoms with Crippen LogP contribution in [0.2, 0.25) is 0 Å². The predicted molar refractivity (Wildman–Crippen MR) is 108 cm³/mol. The normalized spacial score (nSPS) is 25.2. The SMILES string of the molecule is O=C1C(CN2CCC3(CC2)OCc2ccccc23)Cc2cccc3c2N1CC3. The lowest BCUT2D eigenvalue weighted by molar-refractivity contribution is -0.124. The third-order valence-corrected chi connectivity index (χ3v) is 7.31. The molecule has 0 N–H and O–H groups in total. The monoisotopic (exact) mass is 374 g/mol. The van der Waals surface area contributed by atoms with Gasteiger partial charge in [0.1, 0.15) is 0 Å². The van der Waals surface area contributed by atoms with Crippen LogP contribution in [0.15, 0.2) is 42.5 Å². The van der Waals surface area contributed by atoms with Crippen LogP contribution >= 0.6 is 0 Å². The Bertz CT molecular complexity index is 945. The average molecular weight is 374 g/mol. The smallest absolute Gasteiger partial charge is 0.231 e. The van der Waals surface area contributed by atoms with Crippen molar-refractivity contribution in [2.24, 2.45) is 5.92 Å². The Hall–Kier alpha value is -2.17. The molecule has 1 fully saturated rings. The summed E-state index contributed by atoms with van der Waals surface area (Å²) in [7, 11) is 0. The first-order valence-electron chi connectivity index (χ1n) is 10.6. The molecule has 0 saturated carbocycles. The molecule has 1 atom stereocenters. The number of amides is 1. The Morgan fingerprint density at radius 1 is 0.964 bits per heavy atom. The molecular formula is C24H26N2O2. The van der Waals surface area contributed by atoms with Gasteiger partial charge in [0.2, 0.25) is 5.91 Å². The third kappa shape index (κ3) is 2.41. The van der Waals surface area contributed by atoms with Gasteiger partial charge in [0.15, 0.2) is 0 Å². The van der Waals surface area contributed by atoms with Crippen LogP contribution in [0.5, 0.6) is 0 Å². The number of carbonyl (C=O) groups excluding carboxylic acids is 1. The largest absolute Gasteiger partial charge is 0.365 e. The van der Waals surface area contributed by atoms with Crippen LogP contribution in [-0.2, 0) is 34.6 Å². The molecule has 1 spiro atoms.